The van der Waals surface area contributed by atoms with Crippen molar-refractivity contribution in [3.05, 3.63) is 34.2 Å². The second-order valence-electron chi connectivity index (χ2n) is 5.92. The lowest BCUT2D eigenvalue weighted by Gasteiger charge is -2.37. The van der Waals surface area contributed by atoms with Gasteiger partial charge in [-0.05, 0) is 31.9 Å². The van der Waals surface area contributed by atoms with Gasteiger partial charge in [0.05, 0.1) is 5.92 Å². The molecule has 2 unspecified atom stereocenters. The van der Waals surface area contributed by atoms with Crippen molar-refractivity contribution < 1.29 is 22.8 Å². The zero-order chi connectivity index (χ0) is 18.1. The summed E-state index contributed by atoms with van der Waals surface area (Å²) in [6, 6.07) is 1.58. The van der Waals surface area contributed by atoms with Crippen molar-refractivity contribution >= 4 is 11.8 Å². The number of primary amides is 1. The number of rotatable bonds is 3. The lowest BCUT2D eigenvalue weighted by molar-refractivity contribution is -0.141. The highest BCUT2D eigenvalue weighted by atomic mass is 19.4. The summed E-state index contributed by atoms with van der Waals surface area (Å²) in [6.07, 6.45) is -2.52. The molecule has 0 aliphatic carbocycles. The smallest absolute Gasteiger partial charge is 0.369 e. The zero-order valence-electron chi connectivity index (χ0n) is 13.0. The van der Waals surface area contributed by atoms with Crippen molar-refractivity contribution in [1.82, 2.24) is 9.47 Å². The van der Waals surface area contributed by atoms with Gasteiger partial charge in [0.25, 0.3) is 5.56 Å². The van der Waals surface area contributed by atoms with Crippen LogP contribution in [0, 0.1) is 5.92 Å². The summed E-state index contributed by atoms with van der Waals surface area (Å²) in [5.74, 6) is -1.52. The highest BCUT2D eigenvalue weighted by Gasteiger charge is 2.35. The summed E-state index contributed by atoms with van der Waals surface area (Å²) < 4.78 is 39.0. The molecule has 0 bridgehead atoms. The van der Waals surface area contributed by atoms with E-state index in [9.17, 15) is 27.6 Å². The van der Waals surface area contributed by atoms with Crippen molar-refractivity contribution in [2.45, 2.75) is 38.5 Å². The quantitative estimate of drug-likeness (QED) is 0.886. The van der Waals surface area contributed by atoms with Gasteiger partial charge >= 0.3 is 6.18 Å². The second-order valence-corrected chi connectivity index (χ2v) is 5.92. The van der Waals surface area contributed by atoms with Gasteiger partial charge in [0.2, 0.25) is 11.8 Å². The van der Waals surface area contributed by atoms with Crippen LogP contribution < -0.4 is 11.3 Å². The van der Waals surface area contributed by atoms with Crippen LogP contribution in [0.5, 0.6) is 0 Å². The van der Waals surface area contributed by atoms with Crippen LogP contribution in [-0.2, 0) is 22.3 Å². The molecular formula is C15H18F3N3O3. The number of carbonyl (C=O) groups excluding carboxylic acids is 2. The highest BCUT2D eigenvalue weighted by molar-refractivity contribution is 5.80. The Morgan fingerprint density at radius 1 is 1.33 bits per heavy atom. The van der Waals surface area contributed by atoms with E-state index in [1.165, 1.54) is 4.90 Å². The number of alkyl halides is 3. The van der Waals surface area contributed by atoms with E-state index in [0.29, 0.717) is 18.9 Å². The Kier molecular flexibility index (Phi) is 5.00. The van der Waals surface area contributed by atoms with E-state index in [1.807, 2.05) is 0 Å². The van der Waals surface area contributed by atoms with Gasteiger partial charge in [0, 0.05) is 18.8 Å². The first-order valence-corrected chi connectivity index (χ1v) is 7.46. The predicted octanol–water partition coefficient (Wildman–Crippen LogP) is 0.980. The minimum Gasteiger partial charge on any atom is -0.369 e. The largest absolute Gasteiger partial charge is 0.421 e. The maximum absolute atomic E-state index is 12.8. The molecule has 2 atom stereocenters. The number of aromatic nitrogens is 1. The number of amides is 2. The highest BCUT2D eigenvalue weighted by Crippen LogP contribution is 2.26. The van der Waals surface area contributed by atoms with Crippen molar-refractivity contribution in [3.8, 4) is 0 Å². The number of hydrogen-bond donors (Lipinski definition) is 1. The molecule has 9 heteroatoms. The fraction of sp³-hybridized carbons (Fsp3) is 0.533. The Labute approximate surface area is 136 Å². The van der Waals surface area contributed by atoms with Crippen LogP contribution in [0.3, 0.4) is 0 Å². The summed E-state index contributed by atoms with van der Waals surface area (Å²) in [5.41, 5.74) is 2.67. The van der Waals surface area contributed by atoms with Gasteiger partial charge in [-0.15, -0.1) is 0 Å². The molecule has 0 aromatic carbocycles. The average Bonchev–Trinajstić information content (AvgIpc) is 2.48. The number of hydrogen-bond acceptors (Lipinski definition) is 3. The van der Waals surface area contributed by atoms with Gasteiger partial charge in [-0.2, -0.15) is 13.2 Å². The summed E-state index contributed by atoms with van der Waals surface area (Å²) >= 11 is 0. The fourth-order valence-corrected chi connectivity index (χ4v) is 2.80. The molecule has 6 nitrogen and oxygen atoms in total. The minimum atomic E-state index is -4.78. The number of pyridine rings is 1. The monoisotopic (exact) mass is 345 g/mol. The van der Waals surface area contributed by atoms with E-state index in [2.05, 4.69) is 0 Å². The molecule has 1 saturated heterocycles. The summed E-state index contributed by atoms with van der Waals surface area (Å²) in [7, 11) is 0. The third kappa shape index (κ3) is 3.77. The zero-order valence-corrected chi connectivity index (χ0v) is 13.0. The Bertz CT molecular complexity index is 699. The number of carbonyl (C=O) groups is 2. The van der Waals surface area contributed by atoms with E-state index in [-0.39, 0.29) is 12.6 Å². The van der Waals surface area contributed by atoms with Crippen LogP contribution in [0.15, 0.2) is 23.1 Å². The normalized spacial score (nSPS) is 21.6. The third-order valence-electron chi connectivity index (χ3n) is 4.24. The molecule has 1 aromatic rings. The van der Waals surface area contributed by atoms with E-state index < -0.39 is 41.6 Å². The Morgan fingerprint density at radius 3 is 2.58 bits per heavy atom. The van der Waals surface area contributed by atoms with E-state index >= 15 is 0 Å². The predicted molar refractivity (Wildman–Crippen MR) is 78.8 cm³/mol. The number of nitrogens with two attached hydrogens (primary N) is 1. The first kappa shape index (κ1) is 18.0. The summed E-state index contributed by atoms with van der Waals surface area (Å²) in [5, 5.41) is 0. The molecule has 0 spiro atoms. The topological polar surface area (TPSA) is 85.4 Å². The van der Waals surface area contributed by atoms with Crippen molar-refractivity contribution in [1.29, 1.82) is 0 Å². The minimum absolute atomic E-state index is 0.114. The van der Waals surface area contributed by atoms with Gasteiger partial charge < -0.3 is 15.2 Å². The van der Waals surface area contributed by atoms with Gasteiger partial charge in [-0.25, -0.2) is 0 Å². The van der Waals surface area contributed by atoms with Crippen molar-refractivity contribution in [2.24, 2.45) is 11.7 Å². The van der Waals surface area contributed by atoms with E-state index in [0.717, 1.165) is 16.8 Å². The van der Waals surface area contributed by atoms with Crippen LogP contribution in [-0.4, -0.2) is 33.9 Å². The maximum Gasteiger partial charge on any atom is 0.421 e. The molecule has 0 saturated carbocycles. The number of nitrogens with zero attached hydrogens (tertiary/aromatic N) is 2. The lowest BCUT2D eigenvalue weighted by Crippen LogP contribution is -2.50. The number of piperidine rings is 1. The van der Waals surface area contributed by atoms with Crippen LogP contribution in [0.2, 0.25) is 0 Å². The molecule has 1 fully saturated rings. The number of halogens is 3. The summed E-state index contributed by atoms with van der Waals surface area (Å²) in [4.78, 5) is 37.0. The van der Waals surface area contributed by atoms with Gasteiger partial charge in [0.15, 0.2) is 0 Å². The lowest BCUT2D eigenvalue weighted by atomic mass is 9.93. The van der Waals surface area contributed by atoms with Gasteiger partial charge in [0.1, 0.15) is 12.1 Å². The standard InChI is InChI=1S/C15H18F3N3O3/c1-9-4-5-10(13(19)23)7-21(9)12(22)8-20-6-2-3-11(14(20)24)15(16,17)18/h2-3,6,9-10H,4-5,7-8H2,1H3,(H2,19,23). The third-order valence-corrected chi connectivity index (χ3v) is 4.24. The molecule has 1 aliphatic heterocycles. The van der Waals surface area contributed by atoms with Crippen LogP contribution in [0.25, 0.3) is 0 Å². The van der Waals surface area contributed by atoms with E-state index in [1.54, 1.807) is 6.92 Å². The molecule has 2 heterocycles. The molecule has 24 heavy (non-hydrogen) atoms. The van der Waals surface area contributed by atoms with Crippen LogP contribution in [0.1, 0.15) is 25.3 Å². The molecule has 2 amide bonds. The first-order chi connectivity index (χ1) is 11.1. The molecule has 132 valence electrons. The SMILES string of the molecule is CC1CCC(C(N)=O)CN1C(=O)Cn1cccc(C(F)(F)F)c1=O. The van der Waals surface area contributed by atoms with Crippen LogP contribution >= 0.6 is 0 Å². The fourth-order valence-electron chi connectivity index (χ4n) is 2.80. The average molecular weight is 345 g/mol. The molecule has 1 aromatic heterocycles. The molecular weight excluding hydrogens is 327 g/mol. The van der Waals surface area contributed by atoms with E-state index in [4.69, 9.17) is 5.73 Å². The second kappa shape index (κ2) is 6.66. The molecule has 0 radical (unpaired) electrons. The Hall–Kier alpha value is -2.32. The van der Waals surface area contributed by atoms with Crippen molar-refractivity contribution in [3.63, 3.8) is 0 Å². The molecule has 2 rings (SSSR count). The van der Waals surface area contributed by atoms with Gasteiger partial charge in [-0.1, -0.05) is 0 Å². The number of likely N-dealkylation sites (tertiary alicyclic amines) is 1. The molecule has 1 aliphatic rings. The summed E-state index contributed by atoms with van der Waals surface area (Å²) in [6.45, 7) is 1.38. The Morgan fingerprint density at radius 2 is 2.00 bits per heavy atom. The maximum atomic E-state index is 12.8. The van der Waals surface area contributed by atoms with Crippen molar-refractivity contribution in [2.75, 3.05) is 6.54 Å². The Balaban J connectivity index is 2.20. The van der Waals surface area contributed by atoms with Gasteiger partial charge in [-0.3, -0.25) is 14.4 Å². The molecule has 2 N–H and O–H groups in total. The van der Waals surface area contributed by atoms with Crippen LogP contribution in [0.4, 0.5) is 13.2 Å². The first-order valence-electron chi connectivity index (χ1n) is 7.46.